The van der Waals surface area contributed by atoms with Crippen LogP contribution in [-0.4, -0.2) is 19.2 Å². The number of nitrogens with one attached hydrogen (secondary N) is 1. The Kier molecular flexibility index (Phi) is 11.3. The predicted octanol–water partition coefficient (Wildman–Crippen LogP) is 3.65. The molecule has 0 aliphatic carbocycles. The van der Waals surface area contributed by atoms with E-state index in [1.165, 1.54) is 19.3 Å². The van der Waals surface area contributed by atoms with Gasteiger partial charge in [-0.15, -0.1) is 6.58 Å². The van der Waals surface area contributed by atoms with E-state index in [4.69, 9.17) is 4.74 Å². The lowest BCUT2D eigenvalue weighted by molar-refractivity contribution is 0.144. The Morgan fingerprint density at radius 1 is 1.25 bits per heavy atom. The predicted molar refractivity (Wildman–Crippen MR) is 67.5 cm³/mol. The van der Waals surface area contributed by atoms with Crippen LogP contribution in [0.25, 0.3) is 0 Å². The van der Waals surface area contributed by atoms with Crippen molar-refractivity contribution in [1.82, 2.24) is 5.32 Å². The van der Waals surface area contributed by atoms with Gasteiger partial charge >= 0.3 is 6.09 Å². The molecule has 3 heteroatoms. The van der Waals surface area contributed by atoms with Gasteiger partial charge < -0.3 is 10.1 Å². The van der Waals surface area contributed by atoms with Crippen LogP contribution in [0.15, 0.2) is 12.7 Å². The standard InChI is InChI=1S/C13H25NO2/c1-3-5-6-7-8-9-10-12-16-13(15)14-11-4-2/h3H,1,4-12H2,2H3,(H,14,15). The van der Waals surface area contributed by atoms with Crippen molar-refractivity contribution >= 4 is 6.09 Å². The summed E-state index contributed by atoms with van der Waals surface area (Å²) in [6.07, 6.45) is 9.51. The highest BCUT2D eigenvalue weighted by Gasteiger charge is 1.98. The minimum absolute atomic E-state index is 0.284. The molecular weight excluding hydrogens is 202 g/mol. The van der Waals surface area contributed by atoms with E-state index in [9.17, 15) is 4.79 Å². The zero-order chi connectivity index (χ0) is 12.1. The van der Waals surface area contributed by atoms with E-state index in [2.05, 4.69) is 11.9 Å². The molecule has 1 N–H and O–H groups in total. The summed E-state index contributed by atoms with van der Waals surface area (Å²) in [5.74, 6) is 0. The quantitative estimate of drug-likeness (QED) is 0.457. The minimum Gasteiger partial charge on any atom is -0.450 e. The fraction of sp³-hybridized carbons (Fsp3) is 0.769. The van der Waals surface area contributed by atoms with Crippen molar-refractivity contribution in [2.24, 2.45) is 0 Å². The smallest absolute Gasteiger partial charge is 0.407 e. The average molecular weight is 227 g/mol. The first-order valence-electron chi connectivity index (χ1n) is 6.32. The minimum atomic E-state index is -0.284. The molecule has 0 heterocycles. The molecule has 0 rings (SSSR count). The molecule has 16 heavy (non-hydrogen) atoms. The van der Waals surface area contributed by atoms with Gasteiger partial charge in [-0.05, 0) is 25.7 Å². The normalized spacial score (nSPS) is 9.81. The number of amides is 1. The number of hydrogen-bond acceptors (Lipinski definition) is 2. The number of carbonyl (C=O) groups is 1. The summed E-state index contributed by atoms with van der Waals surface area (Å²) in [5.41, 5.74) is 0. The molecule has 0 bridgehead atoms. The van der Waals surface area contributed by atoms with Gasteiger partial charge in [-0.3, -0.25) is 0 Å². The van der Waals surface area contributed by atoms with E-state index in [0.29, 0.717) is 13.2 Å². The maximum absolute atomic E-state index is 11.0. The van der Waals surface area contributed by atoms with Crippen LogP contribution in [0.1, 0.15) is 51.9 Å². The molecule has 0 saturated carbocycles. The van der Waals surface area contributed by atoms with Gasteiger partial charge in [0.25, 0.3) is 0 Å². The number of ether oxygens (including phenoxy) is 1. The van der Waals surface area contributed by atoms with Crippen LogP contribution in [0.5, 0.6) is 0 Å². The molecule has 3 nitrogen and oxygen atoms in total. The zero-order valence-corrected chi connectivity index (χ0v) is 10.5. The van der Waals surface area contributed by atoms with Gasteiger partial charge in [0, 0.05) is 6.54 Å². The largest absolute Gasteiger partial charge is 0.450 e. The Morgan fingerprint density at radius 3 is 2.62 bits per heavy atom. The molecule has 0 aliphatic rings. The summed E-state index contributed by atoms with van der Waals surface area (Å²) in [4.78, 5) is 11.0. The second kappa shape index (κ2) is 12.1. The lowest BCUT2D eigenvalue weighted by atomic mass is 10.1. The van der Waals surface area contributed by atoms with Gasteiger partial charge in [0.15, 0.2) is 0 Å². The molecular formula is C13H25NO2. The van der Waals surface area contributed by atoms with E-state index in [-0.39, 0.29) is 6.09 Å². The van der Waals surface area contributed by atoms with E-state index in [0.717, 1.165) is 25.7 Å². The van der Waals surface area contributed by atoms with Crippen LogP contribution in [-0.2, 0) is 4.74 Å². The van der Waals surface area contributed by atoms with Gasteiger partial charge in [-0.2, -0.15) is 0 Å². The fourth-order valence-corrected chi connectivity index (χ4v) is 1.36. The molecule has 0 unspecified atom stereocenters. The van der Waals surface area contributed by atoms with Crippen molar-refractivity contribution in [2.45, 2.75) is 51.9 Å². The third kappa shape index (κ3) is 11.1. The SMILES string of the molecule is C=CCCCCCCCOC(=O)NCCC. The first-order chi connectivity index (χ1) is 7.81. The van der Waals surface area contributed by atoms with Gasteiger partial charge in [-0.25, -0.2) is 4.79 Å². The number of alkyl carbamates (subject to hydrolysis) is 1. The maximum Gasteiger partial charge on any atom is 0.407 e. The highest BCUT2D eigenvalue weighted by Crippen LogP contribution is 2.05. The summed E-state index contributed by atoms with van der Waals surface area (Å²) in [6.45, 7) is 6.94. The lowest BCUT2D eigenvalue weighted by Gasteiger charge is -2.05. The van der Waals surface area contributed by atoms with Gasteiger partial charge in [-0.1, -0.05) is 32.3 Å². The van der Waals surface area contributed by atoms with Gasteiger partial charge in [0.1, 0.15) is 0 Å². The van der Waals surface area contributed by atoms with E-state index in [1.807, 2.05) is 13.0 Å². The molecule has 0 aromatic rings. The van der Waals surface area contributed by atoms with Gasteiger partial charge in [0.05, 0.1) is 6.61 Å². The molecule has 0 aliphatic heterocycles. The zero-order valence-electron chi connectivity index (χ0n) is 10.5. The Hall–Kier alpha value is -0.990. The number of hydrogen-bond donors (Lipinski definition) is 1. The highest BCUT2D eigenvalue weighted by molar-refractivity contribution is 5.66. The molecule has 0 atom stereocenters. The second-order valence-electron chi connectivity index (χ2n) is 3.91. The topological polar surface area (TPSA) is 38.3 Å². The Balaban J connectivity index is 3.08. The molecule has 0 aromatic heterocycles. The number of carbonyl (C=O) groups excluding carboxylic acids is 1. The summed E-state index contributed by atoms with van der Waals surface area (Å²) in [7, 11) is 0. The van der Waals surface area contributed by atoms with Crippen LogP contribution in [0.2, 0.25) is 0 Å². The third-order valence-corrected chi connectivity index (χ3v) is 2.31. The second-order valence-corrected chi connectivity index (χ2v) is 3.91. The van der Waals surface area contributed by atoms with Crippen molar-refractivity contribution < 1.29 is 9.53 Å². The molecule has 0 radical (unpaired) electrons. The van der Waals surface area contributed by atoms with Crippen molar-refractivity contribution in [2.75, 3.05) is 13.2 Å². The highest BCUT2D eigenvalue weighted by atomic mass is 16.5. The fourth-order valence-electron chi connectivity index (χ4n) is 1.36. The summed E-state index contributed by atoms with van der Waals surface area (Å²) in [5, 5.41) is 2.68. The number of allylic oxidation sites excluding steroid dienone is 1. The van der Waals surface area contributed by atoms with Gasteiger partial charge in [0.2, 0.25) is 0 Å². The van der Waals surface area contributed by atoms with E-state index < -0.39 is 0 Å². The molecule has 0 aromatic carbocycles. The Morgan fingerprint density at radius 2 is 1.94 bits per heavy atom. The third-order valence-electron chi connectivity index (χ3n) is 2.31. The molecule has 0 fully saturated rings. The van der Waals surface area contributed by atoms with Crippen molar-refractivity contribution in [3.05, 3.63) is 12.7 Å². The first kappa shape index (κ1) is 15.0. The van der Waals surface area contributed by atoms with E-state index in [1.54, 1.807) is 0 Å². The van der Waals surface area contributed by atoms with Crippen LogP contribution >= 0.6 is 0 Å². The Bertz CT molecular complexity index is 181. The number of unbranched alkanes of at least 4 members (excludes halogenated alkanes) is 5. The van der Waals surface area contributed by atoms with Crippen molar-refractivity contribution in [3.63, 3.8) is 0 Å². The first-order valence-corrected chi connectivity index (χ1v) is 6.32. The van der Waals surface area contributed by atoms with Crippen LogP contribution in [0.3, 0.4) is 0 Å². The van der Waals surface area contributed by atoms with E-state index >= 15 is 0 Å². The van der Waals surface area contributed by atoms with Crippen LogP contribution in [0, 0.1) is 0 Å². The Labute approximate surface area is 99.3 Å². The van der Waals surface area contributed by atoms with Crippen molar-refractivity contribution in [1.29, 1.82) is 0 Å². The molecule has 0 saturated heterocycles. The summed E-state index contributed by atoms with van der Waals surface area (Å²) >= 11 is 0. The molecule has 94 valence electrons. The summed E-state index contributed by atoms with van der Waals surface area (Å²) < 4.78 is 5.01. The molecule has 0 spiro atoms. The number of rotatable bonds is 10. The van der Waals surface area contributed by atoms with Crippen LogP contribution < -0.4 is 5.32 Å². The monoisotopic (exact) mass is 227 g/mol. The average Bonchev–Trinajstić information content (AvgIpc) is 2.30. The maximum atomic E-state index is 11.0. The van der Waals surface area contributed by atoms with Crippen molar-refractivity contribution in [3.8, 4) is 0 Å². The lowest BCUT2D eigenvalue weighted by Crippen LogP contribution is -2.25. The molecule has 1 amide bonds. The summed E-state index contributed by atoms with van der Waals surface area (Å²) in [6, 6.07) is 0. The van der Waals surface area contributed by atoms with Crippen LogP contribution in [0.4, 0.5) is 4.79 Å².